The number of ether oxygens (including phenoxy) is 1. The molecule has 0 radical (unpaired) electrons. The second-order valence-corrected chi connectivity index (χ2v) is 7.70. The van der Waals surface area contributed by atoms with E-state index in [4.69, 9.17) is 9.15 Å². The Labute approximate surface area is 175 Å². The van der Waals surface area contributed by atoms with Gasteiger partial charge in [-0.1, -0.05) is 30.3 Å². The van der Waals surface area contributed by atoms with Crippen molar-refractivity contribution in [2.75, 3.05) is 0 Å². The SMILES string of the molecule is Cc1oc2cc(OC(=O)c3ccc4ncsc4c3)ccc2c(=O)c1-c1ccccc1. The molecule has 0 bridgehead atoms. The van der Waals surface area contributed by atoms with Gasteiger partial charge in [-0.25, -0.2) is 9.78 Å². The Balaban J connectivity index is 1.50. The largest absolute Gasteiger partial charge is 0.460 e. The molecule has 30 heavy (non-hydrogen) atoms. The molecule has 0 aliphatic rings. The number of aromatic nitrogens is 1. The van der Waals surface area contributed by atoms with Crippen molar-refractivity contribution in [1.29, 1.82) is 0 Å². The van der Waals surface area contributed by atoms with Crippen molar-refractivity contribution >= 4 is 38.5 Å². The third-order valence-electron chi connectivity index (χ3n) is 4.88. The van der Waals surface area contributed by atoms with Crippen LogP contribution < -0.4 is 10.2 Å². The molecule has 0 N–H and O–H groups in total. The number of aryl methyl sites for hydroxylation is 1. The summed E-state index contributed by atoms with van der Waals surface area (Å²) >= 11 is 1.46. The first-order valence-corrected chi connectivity index (χ1v) is 10.2. The lowest BCUT2D eigenvalue weighted by atomic mass is 10.0. The average molecular weight is 413 g/mol. The van der Waals surface area contributed by atoms with E-state index in [1.54, 1.807) is 48.8 Å². The van der Waals surface area contributed by atoms with Gasteiger partial charge in [-0.2, -0.15) is 0 Å². The van der Waals surface area contributed by atoms with Gasteiger partial charge in [0.05, 0.1) is 32.2 Å². The second-order valence-electron chi connectivity index (χ2n) is 6.81. The first kappa shape index (κ1) is 18.3. The number of hydrogen-bond donors (Lipinski definition) is 0. The Morgan fingerprint density at radius 3 is 2.70 bits per heavy atom. The first-order chi connectivity index (χ1) is 14.6. The highest BCUT2D eigenvalue weighted by Gasteiger charge is 2.15. The Hall–Kier alpha value is -3.77. The van der Waals surface area contributed by atoms with Gasteiger partial charge in [0.2, 0.25) is 5.43 Å². The molecule has 0 aliphatic heterocycles. The number of rotatable bonds is 3. The van der Waals surface area contributed by atoms with Crippen molar-refractivity contribution in [1.82, 2.24) is 4.98 Å². The van der Waals surface area contributed by atoms with Gasteiger partial charge in [-0.3, -0.25) is 4.79 Å². The summed E-state index contributed by atoms with van der Waals surface area (Å²) < 4.78 is 12.3. The molecule has 0 fully saturated rings. The van der Waals surface area contributed by atoms with Crippen LogP contribution in [-0.2, 0) is 0 Å². The molecule has 6 heteroatoms. The number of carbonyl (C=O) groups excluding carboxylic acids is 1. The highest BCUT2D eigenvalue weighted by atomic mass is 32.1. The molecule has 0 aliphatic carbocycles. The predicted octanol–water partition coefficient (Wildman–Crippen LogP) is 5.60. The molecule has 5 nitrogen and oxygen atoms in total. The lowest BCUT2D eigenvalue weighted by Crippen LogP contribution is -2.10. The number of esters is 1. The summed E-state index contributed by atoms with van der Waals surface area (Å²) in [6.45, 7) is 1.76. The first-order valence-electron chi connectivity index (χ1n) is 9.28. The maximum absolute atomic E-state index is 13.0. The molecule has 3 aromatic carbocycles. The van der Waals surface area contributed by atoms with Crippen LogP contribution in [0.25, 0.3) is 32.3 Å². The van der Waals surface area contributed by atoms with E-state index in [0.717, 1.165) is 15.8 Å². The zero-order valence-corrected chi connectivity index (χ0v) is 16.7. The highest BCUT2D eigenvalue weighted by molar-refractivity contribution is 7.16. The van der Waals surface area contributed by atoms with Crippen LogP contribution in [0.3, 0.4) is 0 Å². The molecular weight excluding hydrogens is 398 g/mol. The number of hydrogen-bond acceptors (Lipinski definition) is 6. The summed E-state index contributed by atoms with van der Waals surface area (Å²) in [6.07, 6.45) is 0. The fourth-order valence-electron chi connectivity index (χ4n) is 3.44. The Bertz CT molecular complexity index is 1470. The molecule has 2 aromatic heterocycles. The Kier molecular flexibility index (Phi) is 4.41. The Morgan fingerprint density at radius 1 is 1.03 bits per heavy atom. The van der Waals surface area contributed by atoms with Gasteiger partial charge in [0, 0.05) is 6.07 Å². The van der Waals surface area contributed by atoms with Gasteiger partial charge in [-0.15, -0.1) is 11.3 Å². The highest BCUT2D eigenvalue weighted by Crippen LogP contribution is 2.27. The van der Waals surface area contributed by atoms with Crippen LogP contribution in [0.1, 0.15) is 16.1 Å². The summed E-state index contributed by atoms with van der Waals surface area (Å²) in [6, 6.07) is 19.4. The van der Waals surface area contributed by atoms with Crippen molar-refractivity contribution in [3.05, 3.63) is 93.8 Å². The van der Waals surface area contributed by atoms with E-state index in [2.05, 4.69) is 4.98 Å². The number of thiazole rings is 1. The summed E-state index contributed by atoms with van der Waals surface area (Å²) in [7, 11) is 0. The number of fused-ring (bicyclic) bond motifs is 2. The molecule has 146 valence electrons. The van der Waals surface area contributed by atoms with Gasteiger partial charge < -0.3 is 9.15 Å². The number of benzene rings is 3. The van der Waals surface area contributed by atoms with Crippen LogP contribution in [0.5, 0.6) is 5.75 Å². The van der Waals surface area contributed by atoms with Crippen molar-refractivity contribution < 1.29 is 13.9 Å². The Morgan fingerprint density at radius 2 is 1.87 bits per heavy atom. The van der Waals surface area contributed by atoms with Crippen molar-refractivity contribution in [2.45, 2.75) is 6.92 Å². The van der Waals surface area contributed by atoms with Gasteiger partial charge >= 0.3 is 5.97 Å². The monoisotopic (exact) mass is 413 g/mol. The molecular formula is C24H15NO4S. The fourth-order valence-corrected chi connectivity index (χ4v) is 4.15. The van der Waals surface area contributed by atoms with Crippen LogP contribution in [0, 0.1) is 6.92 Å². The smallest absolute Gasteiger partial charge is 0.343 e. The van der Waals surface area contributed by atoms with E-state index < -0.39 is 5.97 Å². The van der Waals surface area contributed by atoms with Crippen molar-refractivity contribution in [3.63, 3.8) is 0 Å². The molecule has 0 atom stereocenters. The maximum Gasteiger partial charge on any atom is 0.343 e. The van der Waals surface area contributed by atoms with E-state index >= 15 is 0 Å². The van der Waals surface area contributed by atoms with Gasteiger partial charge in [0.15, 0.2) is 0 Å². The summed E-state index contributed by atoms with van der Waals surface area (Å²) in [4.78, 5) is 29.8. The lowest BCUT2D eigenvalue weighted by Gasteiger charge is -2.09. The zero-order chi connectivity index (χ0) is 20.7. The van der Waals surface area contributed by atoms with E-state index in [1.165, 1.54) is 11.3 Å². The molecule has 0 saturated heterocycles. The van der Waals surface area contributed by atoms with Crippen LogP contribution >= 0.6 is 11.3 Å². The minimum Gasteiger partial charge on any atom is -0.460 e. The topological polar surface area (TPSA) is 69.4 Å². The molecule has 0 unspecified atom stereocenters. The lowest BCUT2D eigenvalue weighted by molar-refractivity contribution is 0.0735. The fraction of sp³-hybridized carbons (Fsp3) is 0.0417. The summed E-state index contributed by atoms with van der Waals surface area (Å²) in [5, 5.41) is 0.435. The van der Waals surface area contributed by atoms with Gasteiger partial charge in [0.25, 0.3) is 0 Å². The molecule has 0 amide bonds. The quantitative estimate of drug-likeness (QED) is 0.285. The van der Waals surface area contributed by atoms with E-state index in [0.29, 0.717) is 33.6 Å². The van der Waals surface area contributed by atoms with Crippen LogP contribution in [0.4, 0.5) is 0 Å². The van der Waals surface area contributed by atoms with E-state index in [-0.39, 0.29) is 5.43 Å². The summed E-state index contributed by atoms with van der Waals surface area (Å²) in [5.74, 6) is 0.342. The van der Waals surface area contributed by atoms with Crippen molar-refractivity contribution in [3.8, 4) is 16.9 Å². The van der Waals surface area contributed by atoms with E-state index in [1.807, 2.05) is 30.3 Å². The normalized spacial score (nSPS) is 11.1. The number of carbonyl (C=O) groups is 1. The number of nitrogens with zero attached hydrogens (tertiary/aromatic N) is 1. The average Bonchev–Trinajstić information content (AvgIpc) is 3.22. The van der Waals surface area contributed by atoms with Crippen molar-refractivity contribution in [2.24, 2.45) is 0 Å². The van der Waals surface area contributed by atoms with E-state index in [9.17, 15) is 9.59 Å². The predicted molar refractivity (Wildman–Crippen MR) is 117 cm³/mol. The van der Waals surface area contributed by atoms with Crippen LogP contribution in [0.2, 0.25) is 0 Å². The maximum atomic E-state index is 13.0. The molecule has 5 aromatic rings. The molecule has 0 saturated carbocycles. The van der Waals surface area contributed by atoms with Gasteiger partial charge in [-0.05, 0) is 42.8 Å². The zero-order valence-electron chi connectivity index (χ0n) is 15.9. The summed E-state index contributed by atoms with van der Waals surface area (Å²) in [5.41, 5.74) is 4.61. The standard InChI is InChI=1S/C24H15NO4S/c1-14-22(15-5-3-2-4-6-15)23(26)18-9-8-17(12-20(18)28-14)29-24(27)16-7-10-19-21(11-16)30-13-25-19/h2-13H,1H3. The molecule has 2 heterocycles. The minimum atomic E-state index is -0.482. The molecule has 0 spiro atoms. The van der Waals surface area contributed by atoms with Crippen LogP contribution in [0.15, 0.2) is 81.5 Å². The van der Waals surface area contributed by atoms with Crippen LogP contribution in [-0.4, -0.2) is 11.0 Å². The third kappa shape index (κ3) is 3.17. The van der Waals surface area contributed by atoms with Gasteiger partial charge in [0.1, 0.15) is 17.1 Å². The minimum absolute atomic E-state index is 0.117. The molecule has 5 rings (SSSR count). The second kappa shape index (κ2) is 7.24. The third-order valence-corrected chi connectivity index (χ3v) is 5.67.